The summed E-state index contributed by atoms with van der Waals surface area (Å²) in [6.45, 7) is 4.93. The zero-order chi connectivity index (χ0) is 20.9. The summed E-state index contributed by atoms with van der Waals surface area (Å²) in [4.78, 5) is 19.4. The highest BCUT2D eigenvalue weighted by Gasteiger charge is 2.21. The number of anilines is 1. The van der Waals surface area contributed by atoms with Crippen LogP contribution in [0, 0.1) is 6.92 Å². The standard InChI is InChI=1S/C24H27N3O2S/c1-17-2-6-20(7-3-17)25-23(29)14-24-26-21(16-30-24)15-27-12-10-19(11-13-27)18-4-8-22(28)9-5-18/h2-9,16,19,28H,10-15H2,1H3,(H,25,29). The van der Waals surface area contributed by atoms with E-state index in [0.29, 0.717) is 18.1 Å². The average Bonchev–Trinajstić information content (AvgIpc) is 3.17. The van der Waals surface area contributed by atoms with Gasteiger partial charge in [-0.1, -0.05) is 29.8 Å². The normalized spacial score (nSPS) is 15.2. The number of nitrogens with one attached hydrogen (secondary N) is 1. The number of carbonyl (C=O) groups excluding carboxylic acids is 1. The smallest absolute Gasteiger partial charge is 0.231 e. The Labute approximate surface area is 181 Å². The summed E-state index contributed by atoms with van der Waals surface area (Å²) < 4.78 is 0. The molecule has 4 rings (SSSR count). The van der Waals surface area contributed by atoms with E-state index in [9.17, 15) is 9.90 Å². The Hall–Kier alpha value is -2.70. The largest absolute Gasteiger partial charge is 0.508 e. The number of rotatable bonds is 6. The summed E-state index contributed by atoms with van der Waals surface area (Å²) in [6, 6.07) is 15.4. The van der Waals surface area contributed by atoms with Crippen molar-refractivity contribution < 1.29 is 9.90 Å². The summed E-state index contributed by atoms with van der Waals surface area (Å²) in [5, 5.41) is 15.3. The van der Waals surface area contributed by atoms with Gasteiger partial charge in [-0.15, -0.1) is 11.3 Å². The first-order valence-corrected chi connectivity index (χ1v) is 11.2. The minimum absolute atomic E-state index is 0.0329. The molecule has 0 radical (unpaired) electrons. The minimum Gasteiger partial charge on any atom is -0.508 e. The maximum Gasteiger partial charge on any atom is 0.231 e. The molecule has 30 heavy (non-hydrogen) atoms. The average molecular weight is 422 g/mol. The predicted molar refractivity (Wildman–Crippen MR) is 121 cm³/mol. The molecule has 0 bridgehead atoms. The Kier molecular flexibility index (Phi) is 6.45. The number of amides is 1. The number of hydrogen-bond acceptors (Lipinski definition) is 5. The first kappa shape index (κ1) is 20.6. The number of thiazole rings is 1. The fraction of sp³-hybridized carbons (Fsp3) is 0.333. The van der Waals surface area contributed by atoms with E-state index >= 15 is 0 Å². The van der Waals surface area contributed by atoms with Crippen molar-refractivity contribution in [1.82, 2.24) is 9.88 Å². The Morgan fingerprint density at radius 2 is 1.83 bits per heavy atom. The molecule has 2 N–H and O–H groups in total. The van der Waals surface area contributed by atoms with Crippen molar-refractivity contribution in [2.24, 2.45) is 0 Å². The van der Waals surface area contributed by atoms with Crippen molar-refractivity contribution in [3.8, 4) is 5.75 Å². The zero-order valence-corrected chi connectivity index (χ0v) is 18.0. The van der Waals surface area contributed by atoms with Crippen LogP contribution in [0.25, 0.3) is 0 Å². The Morgan fingerprint density at radius 3 is 2.53 bits per heavy atom. The van der Waals surface area contributed by atoms with E-state index in [1.54, 1.807) is 23.5 Å². The van der Waals surface area contributed by atoms with Gasteiger partial charge in [0.05, 0.1) is 12.1 Å². The molecule has 1 saturated heterocycles. The first-order chi connectivity index (χ1) is 14.5. The molecule has 0 atom stereocenters. The summed E-state index contributed by atoms with van der Waals surface area (Å²) in [6.07, 6.45) is 2.53. The van der Waals surface area contributed by atoms with Gasteiger partial charge in [-0.2, -0.15) is 0 Å². The van der Waals surface area contributed by atoms with Gasteiger partial charge in [-0.25, -0.2) is 4.98 Å². The van der Waals surface area contributed by atoms with Gasteiger partial charge in [-0.05, 0) is 68.6 Å². The van der Waals surface area contributed by atoms with Crippen molar-refractivity contribution >= 4 is 22.9 Å². The molecule has 0 aliphatic carbocycles. The van der Waals surface area contributed by atoms with Crippen LogP contribution in [0.2, 0.25) is 0 Å². The summed E-state index contributed by atoms with van der Waals surface area (Å²) >= 11 is 1.56. The highest BCUT2D eigenvalue weighted by atomic mass is 32.1. The number of piperidine rings is 1. The van der Waals surface area contributed by atoms with Crippen LogP contribution in [0.5, 0.6) is 5.75 Å². The summed E-state index contributed by atoms with van der Waals surface area (Å²) in [5.41, 5.74) is 4.34. The van der Waals surface area contributed by atoms with E-state index in [1.165, 1.54) is 11.1 Å². The van der Waals surface area contributed by atoms with Crippen LogP contribution in [0.4, 0.5) is 5.69 Å². The molecular formula is C24H27N3O2S. The lowest BCUT2D eigenvalue weighted by molar-refractivity contribution is -0.115. The quantitative estimate of drug-likeness (QED) is 0.605. The monoisotopic (exact) mass is 421 g/mol. The van der Waals surface area contributed by atoms with E-state index in [1.807, 2.05) is 43.3 Å². The second-order valence-electron chi connectivity index (χ2n) is 7.97. The number of nitrogens with zero attached hydrogens (tertiary/aromatic N) is 2. The van der Waals surface area contributed by atoms with E-state index in [0.717, 1.165) is 48.9 Å². The van der Waals surface area contributed by atoms with Crippen LogP contribution in [-0.2, 0) is 17.8 Å². The first-order valence-electron chi connectivity index (χ1n) is 10.4. The second-order valence-corrected chi connectivity index (χ2v) is 8.91. The number of hydrogen-bond donors (Lipinski definition) is 2. The van der Waals surface area contributed by atoms with E-state index < -0.39 is 0 Å². The van der Waals surface area contributed by atoms with Crippen molar-refractivity contribution in [2.45, 2.75) is 38.6 Å². The van der Waals surface area contributed by atoms with Crippen LogP contribution in [0.15, 0.2) is 53.9 Å². The van der Waals surface area contributed by atoms with Gasteiger partial charge >= 0.3 is 0 Å². The second kappa shape index (κ2) is 9.41. The molecule has 156 valence electrons. The SMILES string of the molecule is Cc1ccc(NC(=O)Cc2nc(CN3CCC(c4ccc(O)cc4)CC3)cs2)cc1. The molecular weight excluding hydrogens is 394 g/mol. The van der Waals surface area contributed by atoms with Crippen LogP contribution >= 0.6 is 11.3 Å². The molecule has 3 aromatic rings. The number of aromatic hydroxyl groups is 1. The van der Waals surface area contributed by atoms with Crippen LogP contribution in [-0.4, -0.2) is 34.0 Å². The highest BCUT2D eigenvalue weighted by Crippen LogP contribution is 2.29. The predicted octanol–water partition coefficient (Wildman–Crippen LogP) is 4.72. The molecule has 1 aromatic heterocycles. The molecule has 0 unspecified atom stereocenters. The van der Waals surface area contributed by atoms with Crippen LogP contribution in [0.3, 0.4) is 0 Å². The van der Waals surface area contributed by atoms with E-state index in [4.69, 9.17) is 0 Å². The number of likely N-dealkylation sites (tertiary alicyclic amines) is 1. The van der Waals surface area contributed by atoms with Gasteiger partial charge in [-0.3, -0.25) is 9.69 Å². The Morgan fingerprint density at radius 1 is 1.13 bits per heavy atom. The van der Waals surface area contributed by atoms with Crippen molar-refractivity contribution in [1.29, 1.82) is 0 Å². The number of phenols is 1. The number of aryl methyl sites for hydroxylation is 1. The number of benzene rings is 2. The van der Waals surface area contributed by atoms with Gasteiger partial charge in [0.1, 0.15) is 10.8 Å². The van der Waals surface area contributed by atoms with Gasteiger partial charge < -0.3 is 10.4 Å². The Bertz CT molecular complexity index is 974. The maximum absolute atomic E-state index is 12.3. The van der Waals surface area contributed by atoms with Gasteiger partial charge in [0.2, 0.25) is 5.91 Å². The fourth-order valence-corrected chi connectivity index (χ4v) is 4.67. The minimum atomic E-state index is -0.0329. The van der Waals surface area contributed by atoms with Crippen molar-refractivity contribution in [3.05, 3.63) is 75.7 Å². The topological polar surface area (TPSA) is 65.5 Å². The van der Waals surface area contributed by atoms with E-state index in [-0.39, 0.29) is 5.91 Å². The maximum atomic E-state index is 12.3. The number of aromatic nitrogens is 1. The molecule has 0 spiro atoms. The lowest BCUT2D eigenvalue weighted by Gasteiger charge is -2.31. The zero-order valence-electron chi connectivity index (χ0n) is 17.2. The van der Waals surface area contributed by atoms with Crippen LogP contribution < -0.4 is 5.32 Å². The van der Waals surface area contributed by atoms with Crippen molar-refractivity contribution in [3.63, 3.8) is 0 Å². The van der Waals surface area contributed by atoms with Gasteiger partial charge in [0.15, 0.2) is 0 Å². The number of carbonyl (C=O) groups is 1. The van der Waals surface area contributed by atoms with Crippen LogP contribution in [0.1, 0.15) is 40.6 Å². The summed E-state index contributed by atoms with van der Waals surface area (Å²) in [5.74, 6) is 0.843. The van der Waals surface area contributed by atoms with Gasteiger partial charge in [0.25, 0.3) is 0 Å². The lowest BCUT2D eigenvalue weighted by atomic mass is 9.89. The molecule has 6 heteroatoms. The molecule has 2 heterocycles. The fourth-order valence-electron chi connectivity index (χ4n) is 3.88. The molecule has 1 aliphatic heterocycles. The Balaban J connectivity index is 1.25. The molecule has 1 fully saturated rings. The lowest BCUT2D eigenvalue weighted by Crippen LogP contribution is -2.32. The van der Waals surface area contributed by atoms with Crippen molar-refractivity contribution in [2.75, 3.05) is 18.4 Å². The van der Waals surface area contributed by atoms with Gasteiger partial charge in [0, 0.05) is 17.6 Å². The number of phenolic OH excluding ortho intramolecular Hbond substituents is 1. The molecule has 1 amide bonds. The third kappa shape index (κ3) is 5.46. The molecule has 5 nitrogen and oxygen atoms in total. The highest BCUT2D eigenvalue weighted by molar-refractivity contribution is 7.09. The summed E-state index contributed by atoms with van der Waals surface area (Å²) in [7, 11) is 0. The van der Waals surface area contributed by atoms with E-state index in [2.05, 4.69) is 20.6 Å². The third-order valence-corrected chi connectivity index (χ3v) is 6.48. The molecule has 1 aliphatic rings. The third-order valence-electron chi connectivity index (χ3n) is 5.58. The molecule has 0 saturated carbocycles. The molecule has 2 aromatic carbocycles.